The topological polar surface area (TPSA) is 51.2 Å². The third-order valence-corrected chi connectivity index (χ3v) is 5.84. The van der Waals surface area contributed by atoms with E-state index >= 15 is 0 Å². The maximum absolute atomic E-state index is 12.4. The highest BCUT2D eigenvalue weighted by atomic mass is 16.6. The Kier molecular flexibility index (Phi) is 6.08. The third-order valence-electron chi connectivity index (χ3n) is 5.84. The molecule has 156 valence electrons. The minimum atomic E-state index is -0.460. The van der Waals surface area contributed by atoms with Gasteiger partial charge in [0.05, 0.1) is 7.11 Å². The molecular weight excluding hydrogens is 356 g/mol. The van der Waals surface area contributed by atoms with Crippen LogP contribution in [0.5, 0.6) is 5.75 Å². The summed E-state index contributed by atoms with van der Waals surface area (Å²) >= 11 is 0. The molecule has 2 heterocycles. The number of carbonyl (C=O) groups is 1. The van der Waals surface area contributed by atoms with Crippen LogP contribution in [0.4, 0.5) is 10.5 Å². The molecule has 2 saturated heterocycles. The van der Waals surface area contributed by atoms with Crippen LogP contribution >= 0.6 is 0 Å². The van der Waals surface area contributed by atoms with Crippen molar-refractivity contribution in [3.8, 4) is 5.75 Å². The molecule has 1 aromatic carbocycles. The van der Waals surface area contributed by atoms with Gasteiger partial charge in [-0.05, 0) is 71.2 Å². The van der Waals surface area contributed by atoms with E-state index in [4.69, 9.17) is 14.2 Å². The predicted molar refractivity (Wildman–Crippen MR) is 110 cm³/mol. The largest absolute Gasteiger partial charge is 0.497 e. The first-order chi connectivity index (χ1) is 13.3. The number of anilines is 1. The van der Waals surface area contributed by atoms with Crippen molar-refractivity contribution in [3.63, 3.8) is 0 Å². The molecule has 0 N–H and O–H groups in total. The summed E-state index contributed by atoms with van der Waals surface area (Å²) in [4.78, 5) is 16.6. The normalized spacial score (nSPS) is 21.6. The second kappa shape index (κ2) is 8.19. The van der Waals surface area contributed by atoms with Gasteiger partial charge in [-0.2, -0.15) is 0 Å². The van der Waals surface area contributed by atoms with E-state index in [9.17, 15) is 4.79 Å². The van der Waals surface area contributed by atoms with Crippen molar-refractivity contribution in [2.75, 3.05) is 38.3 Å². The molecule has 0 aromatic heterocycles. The molecule has 2 aliphatic heterocycles. The smallest absolute Gasteiger partial charge is 0.410 e. The van der Waals surface area contributed by atoms with Gasteiger partial charge in [-0.3, -0.25) is 0 Å². The number of rotatable bonds is 4. The number of nitrogens with zero attached hydrogens (tertiary/aromatic N) is 2. The van der Waals surface area contributed by atoms with Crippen LogP contribution < -0.4 is 9.64 Å². The number of piperidine rings is 1. The van der Waals surface area contributed by atoms with E-state index < -0.39 is 5.60 Å². The lowest BCUT2D eigenvalue weighted by atomic mass is 9.75. The van der Waals surface area contributed by atoms with Crippen molar-refractivity contribution >= 4 is 11.8 Å². The van der Waals surface area contributed by atoms with Gasteiger partial charge in [0.25, 0.3) is 0 Å². The SMILES string of the molecule is CCN(c1ccc(OC)cc1)[C@@H]1OCCC12CCN(C(=O)OC(C)(C)C)CC2. The number of carbonyl (C=O) groups excluding carboxylic acids is 1. The van der Waals surface area contributed by atoms with Crippen LogP contribution in [0, 0.1) is 5.41 Å². The standard InChI is InChI=1S/C22H34N2O4/c1-6-24(17-7-9-18(26-5)10-8-17)19-22(13-16-27-19)11-14-23(15-12-22)20(25)28-21(2,3)4/h7-10,19H,6,11-16H2,1-5H3/t19-/m1/s1. The minimum absolute atomic E-state index is 0.0340. The van der Waals surface area contributed by atoms with Gasteiger partial charge in [0, 0.05) is 37.3 Å². The maximum atomic E-state index is 12.4. The average molecular weight is 391 g/mol. The number of hydrogen-bond acceptors (Lipinski definition) is 5. The van der Waals surface area contributed by atoms with Gasteiger partial charge in [-0.25, -0.2) is 4.79 Å². The van der Waals surface area contributed by atoms with Crippen molar-refractivity contribution in [1.82, 2.24) is 4.90 Å². The molecule has 0 aliphatic carbocycles. The molecule has 0 saturated carbocycles. The number of benzene rings is 1. The van der Waals surface area contributed by atoms with Crippen LogP contribution in [-0.2, 0) is 9.47 Å². The zero-order valence-electron chi connectivity index (χ0n) is 17.9. The van der Waals surface area contributed by atoms with E-state index in [-0.39, 0.29) is 17.7 Å². The van der Waals surface area contributed by atoms with Crippen molar-refractivity contribution in [3.05, 3.63) is 24.3 Å². The van der Waals surface area contributed by atoms with Gasteiger partial charge < -0.3 is 24.0 Å². The van der Waals surface area contributed by atoms with Crippen molar-refractivity contribution in [1.29, 1.82) is 0 Å². The second-order valence-corrected chi connectivity index (χ2v) is 8.79. The summed E-state index contributed by atoms with van der Waals surface area (Å²) in [5.74, 6) is 0.854. The summed E-state index contributed by atoms with van der Waals surface area (Å²) in [5.41, 5.74) is 0.761. The quantitative estimate of drug-likeness (QED) is 0.768. The maximum Gasteiger partial charge on any atom is 0.410 e. The molecule has 6 heteroatoms. The number of likely N-dealkylation sites (tertiary alicyclic amines) is 1. The summed E-state index contributed by atoms with van der Waals surface area (Å²) in [6, 6.07) is 8.16. The third kappa shape index (κ3) is 4.37. The highest BCUT2D eigenvalue weighted by Gasteiger charge is 2.49. The highest BCUT2D eigenvalue weighted by Crippen LogP contribution is 2.46. The summed E-state index contributed by atoms with van der Waals surface area (Å²) in [5, 5.41) is 0. The molecule has 3 rings (SSSR count). The Morgan fingerprint density at radius 2 is 1.86 bits per heavy atom. The molecule has 0 bridgehead atoms. The second-order valence-electron chi connectivity index (χ2n) is 8.79. The van der Waals surface area contributed by atoms with E-state index in [0.717, 1.165) is 56.9 Å². The zero-order chi connectivity index (χ0) is 20.4. The molecule has 28 heavy (non-hydrogen) atoms. The van der Waals surface area contributed by atoms with E-state index in [2.05, 4.69) is 24.0 Å². The van der Waals surface area contributed by atoms with Crippen molar-refractivity contribution in [2.24, 2.45) is 5.41 Å². The molecule has 1 atom stereocenters. The van der Waals surface area contributed by atoms with Crippen molar-refractivity contribution < 1.29 is 19.0 Å². The molecule has 1 amide bonds. The summed E-state index contributed by atoms with van der Waals surface area (Å²) < 4.78 is 17.1. The highest BCUT2D eigenvalue weighted by molar-refractivity contribution is 5.68. The lowest BCUT2D eigenvalue weighted by molar-refractivity contribution is -0.0117. The van der Waals surface area contributed by atoms with E-state index in [1.54, 1.807) is 7.11 Å². The van der Waals surface area contributed by atoms with Crippen LogP contribution in [0.1, 0.15) is 47.0 Å². The summed E-state index contributed by atoms with van der Waals surface area (Å²) in [6.07, 6.45) is 2.73. The summed E-state index contributed by atoms with van der Waals surface area (Å²) in [6.45, 7) is 11.0. The van der Waals surface area contributed by atoms with Crippen LogP contribution in [0.15, 0.2) is 24.3 Å². The molecule has 6 nitrogen and oxygen atoms in total. The fraction of sp³-hybridized carbons (Fsp3) is 0.682. The molecule has 1 spiro atoms. The van der Waals surface area contributed by atoms with Gasteiger partial charge in [0.2, 0.25) is 0 Å². The van der Waals surface area contributed by atoms with Gasteiger partial charge in [-0.15, -0.1) is 0 Å². The number of amides is 1. The lowest BCUT2D eigenvalue weighted by Crippen LogP contribution is -2.52. The predicted octanol–water partition coefficient (Wildman–Crippen LogP) is 4.29. The first-order valence-electron chi connectivity index (χ1n) is 10.3. The van der Waals surface area contributed by atoms with E-state index in [0.29, 0.717) is 0 Å². The minimum Gasteiger partial charge on any atom is -0.497 e. The number of hydrogen-bond donors (Lipinski definition) is 0. The molecule has 2 fully saturated rings. The van der Waals surface area contributed by atoms with Crippen LogP contribution in [0.25, 0.3) is 0 Å². The number of ether oxygens (including phenoxy) is 3. The zero-order valence-corrected chi connectivity index (χ0v) is 17.9. The lowest BCUT2D eigenvalue weighted by Gasteiger charge is -2.46. The Morgan fingerprint density at radius 1 is 1.21 bits per heavy atom. The Morgan fingerprint density at radius 3 is 2.39 bits per heavy atom. The first kappa shape index (κ1) is 20.8. The first-order valence-corrected chi connectivity index (χ1v) is 10.3. The molecule has 1 aromatic rings. The van der Waals surface area contributed by atoms with E-state index in [1.807, 2.05) is 37.8 Å². The van der Waals surface area contributed by atoms with Crippen molar-refractivity contribution in [2.45, 2.75) is 58.8 Å². The Hall–Kier alpha value is -1.95. The summed E-state index contributed by atoms with van der Waals surface area (Å²) in [7, 11) is 1.68. The van der Waals surface area contributed by atoms with Crippen LogP contribution in [-0.4, -0.2) is 56.2 Å². The molecule has 0 radical (unpaired) electrons. The Balaban J connectivity index is 1.70. The monoisotopic (exact) mass is 390 g/mol. The molecular formula is C22H34N2O4. The fourth-order valence-electron chi connectivity index (χ4n) is 4.31. The molecule has 0 unspecified atom stereocenters. The number of methoxy groups -OCH3 is 1. The fourth-order valence-corrected chi connectivity index (χ4v) is 4.31. The Bertz CT molecular complexity index is 660. The van der Waals surface area contributed by atoms with E-state index in [1.165, 1.54) is 0 Å². The van der Waals surface area contributed by atoms with Crippen LogP contribution in [0.3, 0.4) is 0 Å². The van der Waals surface area contributed by atoms with Gasteiger partial charge >= 0.3 is 6.09 Å². The molecule has 2 aliphatic rings. The van der Waals surface area contributed by atoms with Crippen LogP contribution in [0.2, 0.25) is 0 Å². The van der Waals surface area contributed by atoms with Gasteiger partial charge in [0.15, 0.2) is 0 Å². The Labute approximate surface area is 168 Å². The van der Waals surface area contributed by atoms with Gasteiger partial charge in [0.1, 0.15) is 17.6 Å². The van der Waals surface area contributed by atoms with Gasteiger partial charge in [-0.1, -0.05) is 0 Å². The average Bonchev–Trinajstić information content (AvgIpc) is 3.05.